The van der Waals surface area contributed by atoms with Gasteiger partial charge in [-0.25, -0.2) is 4.98 Å². The molecule has 0 radical (unpaired) electrons. The molecule has 6 nitrogen and oxygen atoms in total. The Morgan fingerprint density at radius 1 is 1.19 bits per heavy atom. The number of rotatable bonds is 4. The summed E-state index contributed by atoms with van der Waals surface area (Å²) in [7, 11) is 0. The first-order chi connectivity index (χ1) is 12.7. The molecule has 1 aromatic carbocycles. The maximum absolute atomic E-state index is 12.8. The highest BCUT2D eigenvalue weighted by atomic mass is 16.5. The molecular weight excluding hydrogens is 328 g/mol. The van der Waals surface area contributed by atoms with Gasteiger partial charge in [0, 0.05) is 24.8 Å². The van der Waals surface area contributed by atoms with Crippen LogP contribution in [0.2, 0.25) is 0 Å². The number of carbonyl (C=O) groups is 1. The van der Waals surface area contributed by atoms with Crippen LogP contribution in [0.5, 0.6) is 5.75 Å². The van der Waals surface area contributed by atoms with E-state index in [9.17, 15) is 4.79 Å². The van der Waals surface area contributed by atoms with E-state index >= 15 is 0 Å². The van der Waals surface area contributed by atoms with E-state index in [1.165, 1.54) is 0 Å². The number of aryl methyl sites for hydroxylation is 1. The van der Waals surface area contributed by atoms with E-state index in [2.05, 4.69) is 14.5 Å². The van der Waals surface area contributed by atoms with Crippen LogP contribution in [0.3, 0.4) is 0 Å². The molecular formula is C20H20N4O2. The molecule has 0 aliphatic carbocycles. The lowest BCUT2D eigenvalue weighted by molar-refractivity contribution is 0.0709. The molecule has 6 heteroatoms. The van der Waals surface area contributed by atoms with Crippen molar-refractivity contribution in [1.29, 1.82) is 0 Å². The molecule has 0 unspecified atom stereocenters. The molecule has 0 fully saturated rings. The molecule has 4 rings (SSSR count). The summed E-state index contributed by atoms with van der Waals surface area (Å²) < 4.78 is 7.87. The molecule has 1 aliphatic heterocycles. The number of hydrogen-bond donors (Lipinski definition) is 0. The van der Waals surface area contributed by atoms with Gasteiger partial charge < -0.3 is 14.2 Å². The molecule has 3 heterocycles. The Morgan fingerprint density at radius 3 is 2.81 bits per heavy atom. The second kappa shape index (κ2) is 7.00. The number of aromatic nitrogens is 3. The van der Waals surface area contributed by atoms with E-state index in [0.717, 1.165) is 29.1 Å². The molecule has 132 valence electrons. The fraction of sp³-hybridized carbons (Fsp3) is 0.250. The second-order valence-corrected chi connectivity index (χ2v) is 6.40. The first-order valence-corrected chi connectivity index (χ1v) is 8.62. The number of amides is 1. The summed E-state index contributed by atoms with van der Waals surface area (Å²) in [4.78, 5) is 23.2. The van der Waals surface area contributed by atoms with E-state index in [1.807, 2.05) is 54.5 Å². The van der Waals surface area contributed by atoms with Gasteiger partial charge >= 0.3 is 0 Å². The van der Waals surface area contributed by atoms with Crippen LogP contribution in [0.15, 0.2) is 55.1 Å². The monoisotopic (exact) mass is 348 g/mol. The van der Waals surface area contributed by atoms with Crippen molar-refractivity contribution in [2.45, 2.75) is 26.6 Å². The van der Waals surface area contributed by atoms with Gasteiger partial charge in [-0.2, -0.15) is 0 Å². The normalized spacial score (nSPS) is 13.3. The highest BCUT2D eigenvalue weighted by Crippen LogP contribution is 2.20. The van der Waals surface area contributed by atoms with Crippen LogP contribution in [0.4, 0.5) is 0 Å². The van der Waals surface area contributed by atoms with Gasteiger partial charge in [0.05, 0.1) is 24.8 Å². The first kappa shape index (κ1) is 16.3. The Labute approximate surface area is 152 Å². The van der Waals surface area contributed by atoms with Gasteiger partial charge in [0.1, 0.15) is 18.1 Å². The lowest BCUT2D eigenvalue weighted by Gasteiger charge is -2.29. The van der Waals surface area contributed by atoms with Crippen LogP contribution in [-0.2, 0) is 19.7 Å². The number of imidazole rings is 1. The van der Waals surface area contributed by atoms with Crippen molar-refractivity contribution in [3.63, 3.8) is 0 Å². The minimum absolute atomic E-state index is 0.0524. The summed E-state index contributed by atoms with van der Waals surface area (Å²) in [6, 6.07) is 11.4. The lowest BCUT2D eigenvalue weighted by Crippen LogP contribution is -2.38. The summed E-state index contributed by atoms with van der Waals surface area (Å²) in [5.74, 6) is 0.759. The highest BCUT2D eigenvalue weighted by molar-refractivity contribution is 5.94. The maximum Gasteiger partial charge on any atom is 0.254 e. The van der Waals surface area contributed by atoms with Crippen molar-refractivity contribution in [3.8, 4) is 5.75 Å². The molecule has 1 aliphatic rings. The van der Waals surface area contributed by atoms with Gasteiger partial charge in [0.25, 0.3) is 5.91 Å². The van der Waals surface area contributed by atoms with Crippen molar-refractivity contribution in [3.05, 3.63) is 77.6 Å². The van der Waals surface area contributed by atoms with Crippen molar-refractivity contribution >= 4 is 5.91 Å². The van der Waals surface area contributed by atoms with Crippen molar-refractivity contribution < 1.29 is 9.53 Å². The van der Waals surface area contributed by atoms with E-state index in [-0.39, 0.29) is 5.91 Å². The predicted octanol–water partition coefficient (Wildman–Crippen LogP) is 2.82. The highest BCUT2D eigenvalue weighted by Gasteiger charge is 2.24. The largest absolute Gasteiger partial charge is 0.486 e. The number of nitrogens with zero attached hydrogens (tertiary/aromatic N) is 4. The molecule has 0 N–H and O–H groups in total. The molecule has 0 spiro atoms. The zero-order valence-electron chi connectivity index (χ0n) is 14.6. The Bertz CT molecular complexity index is 903. The zero-order valence-corrected chi connectivity index (χ0v) is 14.6. The fourth-order valence-corrected chi connectivity index (χ4v) is 3.07. The molecule has 0 saturated carbocycles. The van der Waals surface area contributed by atoms with Crippen molar-refractivity contribution in [1.82, 2.24) is 19.4 Å². The summed E-state index contributed by atoms with van der Waals surface area (Å²) >= 11 is 0. The first-order valence-electron chi connectivity index (χ1n) is 8.62. The smallest absolute Gasteiger partial charge is 0.254 e. The predicted molar refractivity (Wildman–Crippen MR) is 96.7 cm³/mol. The molecule has 26 heavy (non-hydrogen) atoms. The minimum Gasteiger partial charge on any atom is -0.486 e. The number of fused-ring (bicyclic) bond motifs is 1. The van der Waals surface area contributed by atoms with E-state index in [0.29, 0.717) is 25.4 Å². The Hall–Kier alpha value is -3.15. The minimum atomic E-state index is 0.0524. The van der Waals surface area contributed by atoms with E-state index in [1.54, 1.807) is 12.4 Å². The van der Waals surface area contributed by atoms with Crippen LogP contribution in [0.1, 0.15) is 27.3 Å². The maximum atomic E-state index is 12.8. The number of ether oxygens (including phenoxy) is 1. The number of carbonyl (C=O) groups excluding carboxylic acids is 1. The lowest BCUT2D eigenvalue weighted by atomic mass is 10.1. The molecule has 1 amide bonds. The Balaban J connectivity index is 1.48. The van der Waals surface area contributed by atoms with Gasteiger partial charge in [-0.15, -0.1) is 0 Å². The molecule has 3 aromatic rings. The standard InChI is InChI=1S/C20H20N4O2/c1-15-4-6-16(7-5-15)20(25)23-9-10-24-14-22-18(19(24)12-23)13-26-17-3-2-8-21-11-17/h2-8,11,14H,9-10,12-13H2,1H3. The van der Waals surface area contributed by atoms with Crippen molar-refractivity contribution in [2.75, 3.05) is 6.54 Å². The fourth-order valence-electron chi connectivity index (χ4n) is 3.07. The number of hydrogen-bond acceptors (Lipinski definition) is 4. The quantitative estimate of drug-likeness (QED) is 0.727. The van der Waals surface area contributed by atoms with Crippen LogP contribution in [0.25, 0.3) is 0 Å². The van der Waals surface area contributed by atoms with Gasteiger partial charge in [0.15, 0.2) is 0 Å². The summed E-state index contributed by atoms with van der Waals surface area (Å²) in [5.41, 5.74) is 3.75. The van der Waals surface area contributed by atoms with Crippen LogP contribution in [-0.4, -0.2) is 31.9 Å². The zero-order chi connectivity index (χ0) is 17.9. The van der Waals surface area contributed by atoms with Crippen LogP contribution in [0, 0.1) is 6.92 Å². The molecule has 2 aromatic heterocycles. The van der Waals surface area contributed by atoms with Crippen LogP contribution < -0.4 is 4.74 Å². The van der Waals surface area contributed by atoms with Gasteiger partial charge in [-0.1, -0.05) is 17.7 Å². The average Bonchev–Trinajstić information content (AvgIpc) is 3.09. The van der Waals surface area contributed by atoms with Gasteiger partial charge in [-0.05, 0) is 31.2 Å². The topological polar surface area (TPSA) is 60.2 Å². The second-order valence-electron chi connectivity index (χ2n) is 6.40. The Kier molecular flexibility index (Phi) is 4.39. The summed E-state index contributed by atoms with van der Waals surface area (Å²) in [6.45, 7) is 4.34. The van der Waals surface area contributed by atoms with E-state index < -0.39 is 0 Å². The average molecular weight is 348 g/mol. The molecule has 0 saturated heterocycles. The third kappa shape index (κ3) is 3.31. The SMILES string of the molecule is Cc1ccc(C(=O)N2CCn3cnc(COc4cccnc4)c3C2)cc1. The third-order valence-corrected chi connectivity index (χ3v) is 4.58. The number of pyridine rings is 1. The van der Waals surface area contributed by atoms with Crippen LogP contribution >= 0.6 is 0 Å². The van der Waals surface area contributed by atoms with E-state index in [4.69, 9.17) is 4.74 Å². The number of benzene rings is 1. The van der Waals surface area contributed by atoms with Gasteiger partial charge in [-0.3, -0.25) is 9.78 Å². The van der Waals surface area contributed by atoms with Crippen molar-refractivity contribution in [2.24, 2.45) is 0 Å². The summed E-state index contributed by atoms with van der Waals surface area (Å²) in [5, 5.41) is 0. The third-order valence-electron chi connectivity index (χ3n) is 4.58. The summed E-state index contributed by atoms with van der Waals surface area (Å²) in [6.07, 6.45) is 5.21. The Morgan fingerprint density at radius 2 is 2.04 bits per heavy atom. The molecule has 0 bridgehead atoms. The molecule has 0 atom stereocenters. The van der Waals surface area contributed by atoms with Gasteiger partial charge in [0.2, 0.25) is 0 Å².